The summed E-state index contributed by atoms with van der Waals surface area (Å²) in [6.45, 7) is 1.61. The number of nitrogens with two attached hydrogens (primary N) is 1. The Balaban J connectivity index is 0.000000227. The second-order valence-electron chi connectivity index (χ2n) is 16.9. The first kappa shape index (κ1) is 63.8. The summed E-state index contributed by atoms with van der Waals surface area (Å²) in [6, 6.07) is 13.5. The molecule has 0 aliphatic rings. The molecule has 0 fully saturated rings. The van der Waals surface area contributed by atoms with Gasteiger partial charge in [0.1, 0.15) is 17.1 Å². The van der Waals surface area contributed by atoms with Crippen molar-refractivity contribution in [1.82, 2.24) is 59.7 Å². The van der Waals surface area contributed by atoms with E-state index in [4.69, 9.17) is 52.1 Å². The number of rotatable bonds is 11. The van der Waals surface area contributed by atoms with Crippen LogP contribution in [0, 0.1) is 13.8 Å². The van der Waals surface area contributed by atoms with E-state index < -0.39 is 84.0 Å². The third kappa shape index (κ3) is 15.2. The number of carboxylic acid groups (broad SMARTS) is 1. The predicted molar refractivity (Wildman–Crippen MR) is 274 cm³/mol. The van der Waals surface area contributed by atoms with Gasteiger partial charge in [0, 0.05) is 54.4 Å². The number of carbonyl (C=O) groups excluding carboxylic acids is 3. The highest BCUT2D eigenvalue weighted by Gasteiger charge is 2.43. The van der Waals surface area contributed by atoms with Gasteiger partial charge in [0.05, 0.1) is 51.3 Å². The second kappa shape index (κ2) is 25.0. The summed E-state index contributed by atoms with van der Waals surface area (Å²) < 4.78 is 160. The molecule has 0 saturated carbocycles. The molecule has 6 aromatic heterocycles. The molecular weight excluding hydrogens is 1220 g/mol. The van der Waals surface area contributed by atoms with E-state index in [1.165, 1.54) is 55.8 Å². The van der Waals surface area contributed by atoms with Crippen LogP contribution in [0.5, 0.6) is 0 Å². The van der Waals surface area contributed by atoms with E-state index in [2.05, 4.69) is 46.3 Å². The number of halogens is 16. The van der Waals surface area contributed by atoms with Gasteiger partial charge in [-0.15, -0.1) is 0 Å². The average Bonchev–Trinajstić information content (AvgIpc) is 3.38. The fraction of sp³-hybridized carbons (Fsp3) is 0.208. The molecule has 35 heteroatoms. The summed E-state index contributed by atoms with van der Waals surface area (Å²) in [5.41, 5.74) is -0.316. The molecule has 440 valence electrons. The number of benzene rings is 2. The van der Waals surface area contributed by atoms with Crippen LogP contribution in [0.25, 0.3) is 11.6 Å². The van der Waals surface area contributed by atoms with Gasteiger partial charge < -0.3 is 26.8 Å². The number of carbonyl (C=O) groups is 4. The molecule has 0 saturated heterocycles. The SMILES string of the molecule is CNC(=O)c1cc(Cl)cc(C)c1N.CNC(=O)c1cc(Cl)cc(C)c1NC(=O)c1cc(Cn2nc(C(F)(F)F)cc2C(F)(F)F)nn1-c1ncccc1Cl.O=C(O)c1cc(Cn2nc(C(F)(F)F)cc2C(F)(F)F)nn1-c1ncccc1Cl. The van der Waals surface area contributed by atoms with E-state index in [1.807, 2.05) is 6.92 Å². The number of nitrogens with one attached hydrogen (secondary N) is 3. The molecule has 6 heterocycles. The van der Waals surface area contributed by atoms with E-state index in [1.54, 1.807) is 26.1 Å². The summed E-state index contributed by atoms with van der Waals surface area (Å²) in [5.74, 6) is -3.41. The molecule has 0 aliphatic heterocycles. The van der Waals surface area contributed by atoms with Crippen LogP contribution in [0.15, 0.2) is 85.2 Å². The number of nitrogens with zero attached hydrogens (tertiary/aromatic N) is 10. The van der Waals surface area contributed by atoms with Crippen molar-refractivity contribution in [3.63, 3.8) is 0 Å². The van der Waals surface area contributed by atoms with Crippen molar-refractivity contribution in [1.29, 1.82) is 0 Å². The molecule has 8 rings (SSSR count). The number of nitrogen functional groups attached to an aromatic ring is 1. The molecule has 0 radical (unpaired) electrons. The Bertz CT molecular complexity index is 3760. The Morgan fingerprint density at radius 2 is 0.964 bits per heavy atom. The highest BCUT2D eigenvalue weighted by atomic mass is 35.5. The standard InChI is InChI=1S/C24H17Cl2F6N7O2.C15H8ClF6N5O2.C9H11ClN2O/c1-11-6-12(25)7-14(21(40)33-2)19(11)35-22(41)16-8-13(36-39(16)20-15(26)4-3-5-34-20)10-38-18(24(30,31)32)9-17(37-38)23(27,28)29;16-8-2-1-3-23-12(8)27-9(13(28)29)4-7(24-27)6-26-11(15(20,21)22)5-10(25-26)14(17,18)19;1-5-3-6(10)4-7(8(5)11)9(13)12-2/h3-9H,10H2,1-2H3,(H,33,40)(H,35,41);1-5H,6H2,(H,28,29);3-4H,11H2,1-2H3,(H,12,13). The molecule has 2 aromatic carbocycles. The maximum absolute atomic E-state index is 13.5. The van der Waals surface area contributed by atoms with Crippen molar-refractivity contribution >= 4 is 81.5 Å². The summed E-state index contributed by atoms with van der Waals surface area (Å²) in [6.07, 6.45) is -18.0. The largest absolute Gasteiger partial charge is 0.477 e. The molecule has 0 bridgehead atoms. The van der Waals surface area contributed by atoms with E-state index >= 15 is 0 Å². The van der Waals surface area contributed by atoms with Gasteiger partial charge in [-0.25, -0.2) is 24.1 Å². The smallest absolute Gasteiger partial charge is 0.435 e. The van der Waals surface area contributed by atoms with Gasteiger partial charge in [0.25, 0.3) is 17.7 Å². The number of aromatic nitrogens is 10. The fourth-order valence-corrected chi connectivity index (χ4v) is 8.26. The number of alkyl halides is 12. The highest BCUT2D eigenvalue weighted by molar-refractivity contribution is 6.33. The molecular formula is C48H36Cl4F12N14O5. The third-order valence-electron chi connectivity index (χ3n) is 11.0. The first-order valence-corrected chi connectivity index (χ1v) is 24.2. The van der Waals surface area contributed by atoms with Crippen LogP contribution in [0.4, 0.5) is 64.1 Å². The normalized spacial score (nSPS) is 11.8. The van der Waals surface area contributed by atoms with Gasteiger partial charge in [-0.3, -0.25) is 23.7 Å². The molecule has 3 amide bonds. The summed E-state index contributed by atoms with van der Waals surface area (Å²) in [7, 11) is 2.92. The minimum absolute atomic E-state index is 0.000601. The Labute approximate surface area is 477 Å². The van der Waals surface area contributed by atoms with Crippen molar-refractivity contribution in [3.8, 4) is 11.6 Å². The molecule has 19 nitrogen and oxygen atoms in total. The van der Waals surface area contributed by atoms with Crippen LogP contribution in [0.2, 0.25) is 20.1 Å². The molecule has 0 unspecified atom stereocenters. The van der Waals surface area contributed by atoms with Gasteiger partial charge >= 0.3 is 30.7 Å². The molecule has 0 atom stereocenters. The van der Waals surface area contributed by atoms with E-state index in [0.29, 0.717) is 21.8 Å². The predicted octanol–water partition coefficient (Wildman–Crippen LogP) is 11.3. The third-order valence-corrected chi connectivity index (χ3v) is 12.1. The minimum atomic E-state index is -5.17. The zero-order valence-electron chi connectivity index (χ0n) is 42.2. The maximum atomic E-state index is 13.5. The number of aromatic carboxylic acids is 1. The number of carboxylic acids is 1. The number of amides is 3. The van der Waals surface area contributed by atoms with E-state index in [0.717, 1.165) is 27.1 Å². The van der Waals surface area contributed by atoms with Crippen molar-refractivity contribution in [3.05, 3.63) is 173 Å². The Kier molecular flexibility index (Phi) is 19.2. The maximum Gasteiger partial charge on any atom is 0.435 e. The van der Waals surface area contributed by atoms with Crippen LogP contribution in [-0.4, -0.2) is 92.0 Å². The summed E-state index contributed by atoms with van der Waals surface area (Å²) in [5, 5.41) is 31.5. The first-order valence-electron chi connectivity index (χ1n) is 22.7. The van der Waals surface area contributed by atoms with Gasteiger partial charge in [-0.1, -0.05) is 46.4 Å². The number of hydrogen-bond acceptors (Lipinski definition) is 11. The molecule has 0 aliphatic carbocycles. The van der Waals surface area contributed by atoms with Crippen LogP contribution in [0.3, 0.4) is 0 Å². The highest BCUT2D eigenvalue weighted by Crippen LogP contribution is 2.38. The minimum Gasteiger partial charge on any atom is -0.477 e. The number of aryl methyl sites for hydroxylation is 2. The average molecular weight is 1260 g/mol. The number of hydrogen-bond donors (Lipinski definition) is 5. The van der Waals surface area contributed by atoms with Crippen molar-refractivity contribution in [2.75, 3.05) is 25.1 Å². The quantitative estimate of drug-likeness (QED) is 0.0599. The lowest BCUT2D eigenvalue weighted by Gasteiger charge is -2.14. The van der Waals surface area contributed by atoms with Crippen LogP contribution in [0.1, 0.15) is 87.0 Å². The number of pyridine rings is 2. The van der Waals surface area contributed by atoms with Crippen LogP contribution in [-0.2, 0) is 37.8 Å². The Morgan fingerprint density at radius 3 is 1.37 bits per heavy atom. The van der Waals surface area contributed by atoms with Crippen molar-refractivity contribution in [2.45, 2.75) is 51.6 Å². The van der Waals surface area contributed by atoms with Crippen LogP contribution < -0.4 is 21.7 Å². The van der Waals surface area contributed by atoms with Gasteiger partial charge in [-0.05, 0) is 85.6 Å². The Morgan fingerprint density at radius 1 is 0.554 bits per heavy atom. The van der Waals surface area contributed by atoms with Crippen molar-refractivity contribution < 1.29 is 77.0 Å². The zero-order chi connectivity index (χ0) is 61.8. The lowest BCUT2D eigenvalue weighted by molar-refractivity contribution is -0.145. The van der Waals surface area contributed by atoms with E-state index in [9.17, 15) is 77.0 Å². The lowest BCUT2D eigenvalue weighted by Crippen LogP contribution is -2.23. The first-order chi connectivity index (χ1) is 38.5. The second-order valence-corrected chi connectivity index (χ2v) is 18.6. The molecule has 8 aromatic rings. The molecule has 83 heavy (non-hydrogen) atoms. The van der Waals surface area contributed by atoms with E-state index in [-0.39, 0.29) is 82.4 Å². The fourth-order valence-electron chi connectivity index (χ4n) is 7.31. The monoisotopic (exact) mass is 1260 g/mol. The summed E-state index contributed by atoms with van der Waals surface area (Å²) in [4.78, 5) is 56.6. The zero-order valence-corrected chi connectivity index (χ0v) is 45.2. The van der Waals surface area contributed by atoms with Gasteiger partial charge in [0.15, 0.2) is 28.7 Å². The summed E-state index contributed by atoms with van der Waals surface area (Å²) >= 11 is 24.0. The van der Waals surface area contributed by atoms with Crippen LogP contribution >= 0.6 is 46.4 Å². The van der Waals surface area contributed by atoms with Crippen molar-refractivity contribution in [2.24, 2.45) is 0 Å². The Hall–Kier alpha value is -8.42. The topological polar surface area (TPSA) is 248 Å². The van der Waals surface area contributed by atoms with Gasteiger partial charge in [-0.2, -0.15) is 73.1 Å². The molecule has 6 N–H and O–H groups in total. The van der Waals surface area contributed by atoms with Gasteiger partial charge in [0.2, 0.25) is 0 Å². The number of anilines is 2. The molecule has 0 spiro atoms. The lowest BCUT2D eigenvalue weighted by atomic mass is 10.1.